The van der Waals surface area contributed by atoms with Crippen LogP contribution in [0, 0.1) is 23.2 Å². The average molecular weight is 726 g/mol. The molecular formula is C21H40Cl2CuF6O7S2. The zero-order valence-electron chi connectivity index (χ0n) is 29.9. The van der Waals surface area contributed by atoms with Crippen molar-refractivity contribution in [3.8, 4) is 12.3 Å². The van der Waals surface area contributed by atoms with E-state index in [0.29, 0.717) is 0 Å². The summed E-state index contributed by atoms with van der Waals surface area (Å²) in [5.74, 6) is 1.92. The number of terminal acetylenes is 1. The quantitative estimate of drug-likeness (QED) is 0.0646. The van der Waals surface area contributed by atoms with E-state index in [4.69, 9.17) is 67.9 Å². The summed E-state index contributed by atoms with van der Waals surface area (Å²) in [5, 5.41) is 0. The Morgan fingerprint density at radius 2 is 1.10 bits per heavy atom. The van der Waals surface area contributed by atoms with Crippen LogP contribution in [0.3, 0.4) is 0 Å². The van der Waals surface area contributed by atoms with Crippen LogP contribution in [-0.4, -0.2) is 47.6 Å². The molecule has 0 aromatic carbocycles. The molecule has 39 heavy (non-hydrogen) atoms. The maximum Gasteiger partial charge on any atom is 0.522 e. The van der Waals surface area contributed by atoms with Crippen molar-refractivity contribution in [3.63, 3.8) is 0 Å². The van der Waals surface area contributed by atoms with E-state index in [9.17, 15) is 31.1 Å². The largest absolute Gasteiger partial charge is 0.522 e. The van der Waals surface area contributed by atoms with Crippen molar-refractivity contribution >= 4 is 49.2 Å². The molecule has 0 aliphatic carbocycles. The smallest absolute Gasteiger partial charge is 0.299 e. The molecule has 1 radical (unpaired) electrons. The van der Waals surface area contributed by atoms with E-state index >= 15 is 0 Å². The van der Waals surface area contributed by atoms with Crippen LogP contribution in [0.1, 0.15) is 88.8 Å². The summed E-state index contributed by atoms with van der Waals surface area (Å²) in [7, 11) is -11.7. The van der Waals surface area contributed by atoms with Crippen molar-refractivity contribution < 1.29 is 86.5 Å². The standard InChI is InChI=1S/C6H12O.C6H10.C4H9Cl.C2H3Cl.2CHF3O3S.CH4.Cu/c1-5(7)6(2,3)4;1-5-6(2,3)4;1-4(2,3)5;1-2-3;2*2-1(3,4)8(5,6)7;;/h1-4H3;1H,2-4H3;1-3H3;2H,1H2;2*(H,5,6,7);1H4;/i2*2D3;1D3;;;;;. The second-order valence-corrected chi connectivity index (χ2v) is 11.5. The van der Waals surface area contributed by atoms with Gasteiger partial charge < -0.3 is 0 Å². The fourth-order valence-electron chi connectivity index (χ4n) is 0. The molecule has 0 heterocycles. The molecule has 245 valence electrons. The van der Waals surface area contributed by atoms with E-state index in [1.54, 1.807) is 0 Å². The van der Waals surface area contributed by atoms with E-state index in [0.717, 1.165) is 0 Å². The van der Waals surface area contributed by atoms with Gasteiger partial charge in [-0.3, -0.25) is 13.9 Å². The van der Waals surface area contributed by atoms with Gasteiger partial charge in [0, 0.05) is 45.1 Å². The first-order valence-corrected chi connectivity index (χ1v) is 12.3. The minimum absolute atomic E-state index is 0. The molecule has 0 aromatic rings. The summed E-state index contributed by atoms with van der Waals surface area (Å²) < 4.78 is 177. The zero-order chi connectivity index (χ0) is 40.0. The van der Waals surface area contributed by atoms with Gasteiger partial charge in [0.2, 0.25) is 0 Å². The second-order valence-electron chi connectivity index (χ2n) is 7.42. The molecule has 0 saturated carbocycles. The van der Waals surface area contributed by atoms with Gasteiger partial charge in [0.15, 0.2) is 0 Å². The van der Waals surface area contributed by atoms with Crippen LogP contribution >= 0.6 is 23.2 Å². The molecular weight excluding hydrogens is 677 g/mol. The van der Waals surface area contributed by atoms with E-state index in [2.05, 4.69) is 12.5 Å². The van der Waals surface area contributed by atoms with Gasteiger partial charge in [0.25, 0.3) is 0 Å². The van der Waals surface area contributed by atoms with Crippen LogP contribution in [0.15, 0.2) is 12.1 Å². The summed E-state index contributed by atoms with van der Waals surface area (Å²) in [4.78, 5) is 9.66. The third-order valence-electron chi connectivity index (χ3n) is 1.83. The van der Waals surface area contributed by atoms with E-state index in [1.807, 2.05) is 0 Å². The molecule has 0 aliphatic heterocycles. The predicted octanol–water partition coefficient (Wildman–Crippen LogP) is 8.10. The number of Topliss-reactive ketones (excluding diaryl/α,β-unsaturated/α-hetero) is 1. The summed E-state index contributed by atoms with van der Waals surface area (Å²) in [6.45, 7) is 7.02. The second kappa shape index (κ2) is 23.1. The molecule has 0 bridgehead atoms. The van der Waals surface area contributed by atoms with Crippen LogP contribution in [0.5, 0.6) is 0 Å². The Morgan fingerprint density at radius 3 is 1.10 bits per heavy atom. The van der Waals surface area contributed by atoms with Crippen LogP contribution in [-0.2, 0) is 42.1 Å². The number of hydrogen-bond donors (Lipinski definition) is 2. The van der Waals surface area contributed by atoms with Crippen LogP contribution in [0.2, 0.25) is 0 Å². The Morgan fingerprint density at radius 1 is 0.897 bits per heavy atom. The van der Waals surface area contributed by atoms with Crippen molar-refractivity contribution in [3.05, 3.63) is 12.1 Å². The Hall–Kier alpha value is -0.531. The van der Waals surface area contributed by atoms with E-state index < -0.39 is 67.5 Å². The van der Waals surface area contributed by atoms with Gasteiger partial charge in [0.1, 0.15) is 5.78 Å². The van der Waals surface area contributed by atoms with E-state index in [1.165, 1.54) is 54.0 Å². The number of ketones is 1. The van der Waals surface area contributed by atoms with Gasteiger partial charge in [-0.2, -0.15) is 43.2 Å². The van der Waals surface area contributed by atoms with Crippen LogP contribution in [0.25, 0.3) is 0 Å². The number of alkyl halides is 7. The number of halogens is 8. The van der Waals surface area contributed by atoms with Crippen molar-refractivity contribution in [2.45, 2.75) is 92.3 Å². The molecule has 18 heteroatoms. The first kappa shape index (κ1) is 34.7. The predicted molar refractivity (Wildman–Crippen MR) is 142 cm³/mol. The first-order chi connectivity index (χ1) is 19.2. The van der Waals surface area contributed by atoms with Crippen molar-refractivity contribution in [1.82, 2.24) is 0 Å². The fourth-order valence-corrected chi connectivity index (χ4v) is 0. The van der Waals surface area contributed by atoms with Crippen LogP contribution in [0.4, 0.5) is 26.3 Å². The molecule has 0 fully saturated rings. The normalized spacial score (nSPS) is 15.6. The van der Waals surface area contributed by atoms with Crippen molar-refractivity contribution in [2.24, 2.45) is 10.8 Å². The van der Waals surface area contributed by atoms with Crippen molar-refractivity contribution in [2.75, 3.05) is 0 Å². The SMILES string of the molecule is C.C=CCl.O=S(=O)(O)C(F)(F)F.O=S(=O)(O)C(F)(F)F.[2H]C([2H])([2H])C(C)(C)C#C.[2H]C([2H])([2H])C(C)(C)C(C)=O.[2H]C([2H])([2H])C(C)(C)Cl.[Cu]. The van der Waals surface area contributed by atoms with Gasteiger partial charge in [0.05, 0.1) is 0 Å². The molecule has 0 aromatic heterocycles. The molecule has 0 rings (SSSR count). The maximum absolute atomic E-state index is 10.8. The van der Waals surface area contributed by atoms with Gasteiger partial charge >= 0.3 is 31.3 Å². The van der Waals surface area contributed by atoms with E-state index in [-0.39, 0.29) is 30.3 Å². The Bertz CT molecular complexity index is 1140. The number of rotatable bonds is 0. The molecule has 0 unspecified atom stereocenters. The number of hydrogen-bond acceptors (Lipinski definition) is 5. The maximum atomic E-state index is 10.8. The summed E-state index contributed by atoms with van der Waals surface area (Å²) in [5.41, 5.74) is -12.0. The summed E-state index contributed by atoms with van der Waals surface area (Å²) >= 11 is 10.2. The van der Waals surface area contributed by atoms with Gasteiger partial charge in [-0.15, -0.1) is 23.9 Å². The Kier molecular flexibility index (Phi) is 20.5. The Labute approximate surface area is 263 Å². The molecule has 0 saturated heterocycles. The van der Waals surface area contributed by atoms with Crippen LogP contribution < -0.4 is 0 Å². The molecule has 2 N–H and O–H groups in total. The topological polar surface area (TPSA) is 126 Å². The zero-order valence-corrected chi connectivity index (χ0v) is 25.0. The third-order valence-corrected chi connectivity index (χ3v) is 3.00. The van der Waals surface area contributed by atoms with Gasteiger partial charge in [-0.05, 0) is 53.9 Å². The van der Waals surface area contributed by atoms with Gasteiger partial charge in [-0.1, -0.05) is 46.3 Å². The minimum Gasteiger partial charge on any atom is -0.299 e. The molecule has 0 aliphatic rings. The molecule has 0 atom stereocenters. The average Bonchev–Trinajstić information content (AvgIpc) is 2.70. The number of carbonyl (C=O) groups is 1. The van der Waals surface area contributed by atoms with Gasteiger partial charge in [-0.25, -0.2) is 0 Å². The Balaban J connectivity index is -0.0000000674. The summed E-state index contributed by atoms with van der Waals surface area (Å²) in [6.07, 6.45) is 4.98. The fraction of sp³-hybridized carbons (Fsp3) is 0.762. The number of carbonyl (C=O) groups excluding carboxylic acids is 1. The molecule has 0 amide bonds. The molecule has 0 spiro atoms. The van der Waals surface area contributed by atoms with Crippen molar-refractivity contribution in [1.29, 1.82) is 0 Å². The molecule has 7 nitrogen and oxygen atoms in total. The minimum atomic E-state index is -5.84. The first-order valence-electron chi connectivity index (χ1n) is 13.1. The summed E-state index contributed by atoms with van der Waals surface area (Å²) in [6, 6.07) is 0. The monoisotopic (exact) mass is 724 g/mol. The third kappa shape index (κ3) is 67.3.